The average molecular weight is 388 g/mol. The van der Waals surface area contributed by atoms with Crippen LogP contribution in [0.4, 0.5) is 4.79 Å². The number of nitrogens with one attached hydrogen (secondary N) is 1. The molecule has 0 radical (unpaired) electrons. The van der Waals surface area contributed by atoms with Gasteiger partial charge in [-0.3, -0.25) is 0 Å². The largest absolute Gasteiger partial charge is 0.350 e. The van der Waals surface area contributed by atoms with Crippen LogP contribution in [0.3, 0.4) is 0 Å². The number of hydrogen-bond acceptors (Lipinski definition) is 2. The number of urea groups is 1. The Hall–Kier alpha value is -1.58. The first kappa shape index (κ1) is 22.7. The average Bonchev–Trinajstić information content (AvgIpc) is 2.58. The summed E-state index contributed by atoms with van der Waals surface area (Å²) in [5.41, 5.74) is 12.2. The number of hydrogen-bond donors (Lipinski definition) is 2. The predicted molar refractivity (Wildman–Crippen MR) is 119 cm³/mol. The molecule has 0 spiro atoms. The first-order valence-corrected chi connectivity index (χ1v) is 11.0. The van der Waals surface area contributed by atoms with Crippen LogP contribution in [0.25, 0.3) is 0 Å². The van der Waals surface area contributed by atoms with Gasteiger partial charge in [0.1, 0.15) is 0 Å². The van der Waals surface area contributed by atoms with E-state index in [1.165, 1.54) is 37.7 Å². The number of carbonyl (C=O) groups excluding carboxylic acids is 1. The van der Waals surface area contributed by atoms with Gasteiger partial charge in [-0.25, -0.2) is 10.2 Å². The lowest BCUT2D eigenvalue weighted by Crippen LogP contribution is -2.48. The van der Waals surface area contributed by atoms with Gasteiger partial charge in [-0.1, -0.05) is 50.5 Å². The Morgan fingerprint density at radius 1 is 1.29 bits per heavy atom. The van der Waals surface area contributed by atoms with Crippen LogP contribution in [0.5, 0.6) is 0 Å². The van der Waals surface area contributed by atoms with Crippen LogP contribution in [0, 0.1) is 22.7 Å². The van der Waals surface area contributed by atoms with Gasteiger partial charge in [0.05, 0.1) is 0 Å². The van der Waals surface area contributed by atoms with Crippen molar-refractivity contribution in [3.05, 3.63) is 23.3 Å². The van der Waals surface area contributed by atoms with Crippen molar-refractivity contribution < 1.29 is 4.79 Å². The third-order valence-electron chi connectivity index (χ3n) is 7.48. The summed E-state index contributed by atoms with van der Waals surface area (Å²) in [5, 5.41) is 3.97. The number of nitrogens with two attached hydrogens (primary N) is 1. The van der Waals surface area contributed by atoms with Crippen molar-refractivity contribution in [1.82, 2.24) is 5.43 Å². The maximum absolute atomic E-state index is 10.7. The van der Waals surface area contributed by atoms with E-state index in [0.717, 1.165) is 30.9 Å². The molecule has 4 heteroatoms. The van der Waals surface area contributed by atoms with Crippen LogP contribution in [0.1, 0.15) is 92.9 Å². The van der Waals surface area contributed by atoms with Crippen molar-refractivity contribution in [2.24, 2.45) is 33.5 Å². The van der Waals surface area contributed by atoms with E-state index in [1.807, 2.05) is 6.92 Å². The van der Waals surface area contributed by atoms with E-state index in [1.54, 1.807) is 5.57 Å². The van der Waals surface area contributed by atoms with Gasteiger partial charge >= 0.3 is 6.03 Å². The van der Waals surface area contributed by atoms with Crippen LogP contribution < -0.4 is 11.2 Å². The summed E-state index contributed by atoms with van der Waals surface area (Å²) < 4.78 is 0. The fourth-order valence-electron chi connectivity index (χ4n) is 5.90. The zero-order chi connectivity index (χ0) is 20.9. The van der Waals surface area contributed by atoms with Crippen LogP contribution in [0.2, 0.25) is 0 Å². The first-order valence-electron chi connectivity index (χ1n) is 11.0. The second-order valence-electron chi connectivity index (χ2n) is 10.1. The summed E-state index contributed by atoms with van der Waals surface area (Å²) in [4.78, 5) is 10.7. The van der Waals surface area contributed by atoms with Crippen molar-refractivity contribution >= 4 is 11.7 Å². The van der Waals surface area contributed by atoms with E-state index >= 15 is 0 Å². The highest BCUT2D eigenvalue weighted by Crippen LogP contribution is 2.60. The van der Waals surface area contributed by atoms with Crippen LogP contribution in [-0.4, -0.2) is 11.7 Å². The Morgan fingerprint density at radius 3 is 2.68 bits per heavy atom. The van der Waals surface area contributed by atoms with Crippen molar-refractivity contribution in [1.29, 1.82) is 0 Å². The smallest absolute Gasteiger partial charge is 0.332 e. The fourth-order valence-corrected chi connectivity index (χ4v) is 5.90. The highest BCUT2D eigenvalue weighted by molar-refractivity contribution is 5.83. The lowest BCUT2D eigenvalue weighted by atomic mass is 9.48. The fraction of sp³-hybridized carbons (Fsp3) is 0.750. The predicted octanol–water partition coefficient (Wildman–Crippen LogP) is 6.34. The third-order valence-corrected chi connectivity index (χ3v) is 7.48. The molecule has 3 atom stereocenters. The van der Waals surface area contributed by atoms with E-state index < -0.39 is 6.03 Å². The molecule has 2 amide bonds. The molecule has 0 aromatic rings. The molecule has 1 fully saturated rings. The molecule has 0 aromatic heterocycles. The number of nitrogens with zero attached hydrogens (tertiary/aromatic N) is 1. The van der Waals surface area contributed by atoms with Gasteiger partial charge in [-0.15, -0.1) is 0 Å². The number of carbonyl (C=O) groups is 1. The number of primary amides is 1. The lowest BCUT2D eigenvalue weighted by Gasteiger charge is -2.57. The van der Waals surface area contributed by atoms with Crippen LogP contribution in [0.15, 0.2) is 28.4 Å². The van der Waals surface area contributed by atoms with Gasteiger partial charge in [0, 0.05) is 5.71 Å². The summed E-state index contributed by atoms with van der Waals surface area (Å²) >= 11 is 0. The maximum Gasteiger partial charge on any atom is 0.332 e. The van der Waals surface area contributed by atoms with Crippen LogP contribution in [-0.2, 0) is 0 Å². The molecule has 2 aliphatic rings. The van der Waals surface area contributed by atoms with E-state index in [4.69, 9.17) is 5.73 Å². The zero-order valence-corrected chi connectivity index (χ0v) is 18.9. The van der Waals surface area contributed by atoms with Crippen molar-refractivity contribution in [2.75, 3.05) is 0 Å². The van der Waals surface area contributed by atoms with Gasteiger partial charge in [0.25, 0.3) is 0 Å². The first-order chi connectivity index (χ1) is 13.1. The summed E-state index contributed by atoms with van der Waals surface area (Å²) in [6.07, 6.45) is 14.5. The molecule has 0 saturated heterocycles. The Labute approximate surface area is 172 Å². The monoisotopic (exact) mass is 387 g/mol. The van der Waals surface area contributed by atoms with Crippen molar-refractivity contribution in [3.8, 4) is 0 Å². The molecule has 2 aliphatic carbocycles. The molecule has 0 aliphatic heterocycles. The summed E-state index contributed by atoms with van der Waals surface area (Å²) in [6.45, 7) is 14.1. The second kappa shape index (κ2) is 9.28. The van der Waals surface area contributed by atoms with Gasteiger partial charge in [-0.05, 0) is 88.4 Å². The highest BCUT2D eigenvalue weighted by atomic mass is 16.2. The van der Waals surface area contributed by atoms with E-state index in [9.17, 15) is 4.79 Å². The van der Waals surface area contributed by atoms with Crippen molar-refractivity contribution in [2.45, 2.75) is 92.9 Å². The van der Waals surface area contributed by atoms with E-state index in [-0.39, 0.29) is 0 Å². The molecule has 0 aromatic carbocycles. The zero-order valence-electron chi connectivity index (χ0n) is 18.9. The van der Waals surface area contributed by atoms with Gasteiger partial charge in [0.15, 0.2) is 0 Å². The standard InChI is InChI=1S/C24H41N3O/c1-17(9-7-10-19(3)26-27-22(25)28)11-13-20-18(2)12-14-21-23(4,5)15-8-16-24(20,21)6/h9,12,20-21H,7-8,10-11,13-16H2,1-6H3,(H3,25,27,28)/b17-9+,26-19?/t20-,21-,24+/m1/s1. The molecule has 0 heterocycles. The molecule has 0 unspecified atom stereocenters. The molecule has 0 bridgehead atoms. The molecule has 4 nitrogen and oxygen atoms in total. The number of amides is 2. The van der Waals surface area contributed by atoms with Gasteiger partial charge in [-0.2, -0.15) is 5.10 Å². The maximum atomic E-state index is 10.7. The minimum atomic E-state index is -0.611. The summed E-state index contributed by atoms with van der Waals surface area (Å²) in [5.74, 6) is 1.51. The quantitative estimate of drug-likeness (QED) is 0.299. The number of rotatable bonds is 7. The summed E-state index contributed by atoms with van der Waals surface area (Å²) in [7, 11) is 0. The minimum Gasteiger partial charge on any atom is -0.350 e. The van der Waals surface area contributed by atoms with Crippen molar-refractivity contribution in [3.63, 3.8) is 0 Å². The minimum absolute atomic E-state index is 0.449. The SMILES string of the molecule is CC1=CC[C@@H]2C(C)(C)CCC[C@@]2(C)[C@@H]1CC/C(C)=C/CCC(C)=NNC(N)=O. The number of allylic oxidation sites excluding steroid dienone is 4. The molecular weight excluding hydrogens is 346 g/mol. The van der Waals surface area contributed by atoms with E-state index in [2.05, 4.69) is 57.3 Å². The lowest BCUT2D eigenvalue weighted by molar-refractivity contribution is -0.0390. The Kier molecular flexibility index (Phi) is 7.52. The topological polar surface area (TPSA) is 67.5 Å². The van der Waals surface area contributed by atoms with Gasteiger partial charge in [0.2, 0.25) is 0 Å². The molecule has 28 heavy (non-hydrogen) atoms. The molecule has 158 valence electrons. The molecule has 3 N–H and O–H groups in total. The Bertz CT molecular complexity index is 659. The number of fused-ring (bicyclic) bond motifs is 1. The second-order valence-corrected chi connectivity index (χ2v) is 10.1. The Morgan fingerprint density at radius 2 is 2.00 bits per heavy atom. The Balaban J connectivity index is 1.95. The van der Waals surface area contributed by atoms with E-state index in [0.29, 0.717) is 16.7 Å². The van der Waals surface area contributed by atoms with Crippen LogP contribution >= 0.6 is 0 Å². The third kappa shape index (κ3) is 5.48. The van der Waals surface area contributed by atoms with Gasteiger partial charge < -0.3 is 5.73 Å². The normalized spacial score (nSPS) is 30.4. The highest BCUT2D eigenvalue weighted by Gasteiger charge is 2.51. The summed E-state index contributed by atoms with van der Waals surface area (Å²) in [6, 6.07) is -0.611. The molecule has 2 rings (SSSR count). The molecular formula is C24H41N3O. The molecule has 1 saturated carbocycles. The number of hydrazone groups is 1.